The largest absolute Gasteiger partial charge is 0.497 e. The molecule has 0 N–H and O–H groups in total. The normalized spacial score (nSPS) is 13.7. The van der Waals surface area contributed by atoms with Crippen LogP contribution < -0.4 is 4.74 Å². The van der Waals surface area contributed by atoms with E-state index in [-0.39, 0.29) is 0 Å². The van der Waals surface area contributed by atoms with E-state index in [1.807, 2.05) is 36.4 Å². The van der Waals surface area contributed by atoms with Crippen LogP contribution in [0.15, 0.2) is 48.8 Å². The second-order valence-electron chi connectivity index (χ2n) is 3.79. The van der Waals surface area contributed by atoms with Crippen molar-refractivity contribution >= 4 is 22.2 Å². The van der Waals surface area contributed by atoms with E-state index in [9.17, 15) is 4.79 Å². The highest BCUT2D eigenvalue weighted by Gasteiger charge is 2.30. The van der Waals surface area contributed by atoms with Gasteiger partial charge in [-0.25, -0.2) is 0 Å². The molecule has 1 aromatic heterocycles. The predicted octanol–water partition coefficient (Wildman–Crippen LogP) is 2.93. The van der Waals surface area contributed by atoms with Crippen LogP contribution >= 0.6 is 15.9 Å². The van der Waals surface area contributed by atoms with E-state index < -0.39 is 4.32 Å². The summed E-state index contributed by atoms with van der Waals surface area (Å²) >= 11 is 3.51. The summed E-state index contributed by atoms with van der Waals surface area (Å²) in [6.45, 7) is 0. The van der Waals surface area contributed by atoms with Crippen LogP contribution in [-0.2, 0) is 9.12 Å². The van der Waals surface area contributed by atoms with Gasteiger partial charge in [0.1, 0.15) is 16.4 Å². The van der Waals surface area contributed by atoms with Gasteiger partial charge < -0.3 is 9.53 Å². The summed E-state index contributed by atoms with van der Waals surface area (Å²) in [6.07, 6.45) is 4.21. The standard InChI is InChI=1S/C14H12BrNO2/c1-18-13-4-2-11(3-5-13)14(15,10-17)12-6-8-16-9-7-12/h2-10H,1H3. The van der Waals surface area contributed by atoms with Crippen LogP contribution in [0.4, 0.5) is 0 Å². The number of ether oxygens (including phenoxy) is 1. The minimum absolute atomic E-state index is 0.759. The Kier molecular flexibility index (Phi) is 3.77. The summed E-state index contributed by atoms with van der Waals surface area (Å²) in [5, 5.41) is 0. The van der Waals surface area contributed by atoms with Crippen molar-refractivity contribution in [2.75, 3.05) is 7.11 Å². The number of carbonyl (C=O) groups is 1. The molecule has 0 fully saturated rings. The molecule has 0 bridgehead atoms. The number of carbonyl (C=O) groups excluding carboxylic acids is 1. The minimum atomic E-state index is -0.845. The number of hydrogen-bond acceptors (Lipinski definition) is 3. The lowest BCUT2D eigenvalue weighted by molar-refractivity contribution is -0.109. The molecule has 3 nitrogen and oxygen atoms in total. The zero-order chi connectivity index (χ0) is 13.0. The highest BCUT2D eigenvalue weighted by Crippen LogP contribution is 2.36. The van der Waals surface area contributed by atoms with Crippen molar-refractivity contribution in [1.82, 2.24) is 4.98 Å². The third-order valence-corrected chi connectivity index (χ3v) is 3.88. The van der Waals surface area contributed by atoms with Crippen LogP contribution in [0.25, 0.3) is 0 Å². The maximum absolute atomic E-state index is 11.5. The molecule has 0 amide bonds. The predicted molar refractivity (Wildman–Crippen MR) is 73.0 cm³/mol. The van der Waals surface area contributed by atoms with Gasteiger partial charge in [-0.05, 0) is 35.4 Å². The Hall–Kier alpha value is -1.68. The summed E-state index contributed by atoms with van der Waals surface area (Å²) in [4.78, 5) is 15.4. The average Bonchev–Trinajstić information content (AvgIpc) is 2.47. The third kappa shape index (κ3) is 2.29. The first-order valence-corrected chi connectivity index (χ1v) is 6.20. The molecule has 4 heteroatoms. The molecule has 92 valence electrons. The Morgan fingerprint density at radius 1 is 1.11 bits per heavy atom. The van der Waals surface area contributed by atoms with Crippen LogP contribution in [0.5, 0.6) is 5.75 Å². The van der Waals surface area contributed by atoms with Crippen LogP contribution in [0.2, 0.25) is 0 Å². The van der Waals surface area contributed by atoms with Crippen molar-refractivity contribution in [3.63, 3.8) is 0 Å². The van der Waals surface area contributed by atoms with Gasteiger partial charge >= 0.3 is 0 Å². The fraction of sp³-hybridized carbons (Fsp3) is 0.143. The third-order valence-electron chi connectivity index (χ3n) is 2.77. The van der Waals surface area contributed by atoms with Crippen molar-refractivity contribution in [2.24, 2.45) is 0 Å². The molecule has 0 saturated carbocycles. The summed E-state index contributed by atoms with van der Waals surface area (Å²) in [7, 11) is 1.61. The lowest BCUT2D eigenvalue weighted by Crippen LogP contribution is -2.21. The Morgan fingerprint density at radius 3 is 2.17 bits per heavy atom. The average molecular weight is 306 g/mol. The molecule has 1 aromatic carbocycles. The van der Waals surface area contributed by atoms with Crippen molar-refractivity contribution in [1.29, 1.82) is 0 Å². The SMILES string of the molecule is COc1ccc(C(Br)(C=O)c2ccncc2)cc1. The number of pyridine rings is 1. The van der Waals surface area contributed by atoms with Gasteiger partial charge in [0.2, 0.25) is 0 Å². The van der Waals surface area contributed by atoms with Gasteiger partial charge in [0.25, 0.3) is 0 Å². The smallest absolute Gasteiger partial charge is 0.145 e. The summed E-state index contributed by atoms with van der Waals surface area (Å²) in [6, 6.07) is 11.0. The number of alkyl halides is 1. The number of rotatable bonds is 4. The van der Waals surface area contributed by atoms with Crippen molar-refractivity contribution in [3.8, 4) is 5.75 Å². The first kappa shape index (κ1) is 12.8. The topological polar surface area (TPSA) is 39.2 Å². The van der Waals surface area contributed by atoms with E-state index in [0.29, 0.717) is 0 Å². The number of aldehydes is 1. The summed E-state index contributed by atoms with van der Waals surface area (Å²) in [5.41, 5.74) is 1.70. The lowest BCUT2D eigenvalue weighted by Gasteiger charge is -2.22. The van der Waals surface area contributed by atoms with E-state index in [1.165, 1.54) is 0 Å². The fourth-order valence-electron chi connectivity index (χ4n) is 1.73. The van der Waals surface area contributed by atoms with Gasteiger partial charge in [-0.15, -0.1) is 0 Å². The molecule has 0 spiro atoms. The zero-order valence-electron chi connectivity index (χ0n) is 9.84. The first-order valence-electron chi connectivity index (χ1n) is 5.41. The van der Waals surface area contributed by atoms with Crippen LogP contribution in [-0.4, -0.2) is 18.4 Å². The molecule has 1 atom stereocenters. The molecule has 1 heterocycles. The van der Waals surface area contributed by atoms with Crippen LogP contribution in [0.3, 0.4) is 0 Å². The molecule has 1 unspecified atom stereocenters. The first-order chi connectivity index (χ1) is 8.70. The Labute approximate surface area is 114 Å². The molecule has 0 saturated heterocycles. The monoisotopic (exact) mass is 305 g/mol. The molecule has 0 radical (unpaired) electrons. The Balaban J connectivity index is 2.46. The summed E-state index contributed by atoms with van der Waals surface area (Å²) in [5.74, 6) is 0.759. The maximum atomic E-state index is 11.5. The quantitative estimate of drug-likeness (QED) is 0.644. The maximum Gasteiger partial charge on any atom is 0.145 e. The van der Waals surface area contributed by atoms with E-state index >= 15 is 0 Å². The van der Waals surface area contributed by atoms with Crippen molar-refractivity contribution in [2.45, 2.75) is 4.32 Å². The number of benzene rings is 1. The number of halogens is 1. The molecular formula is C14H12BrNO2. The van der Waals surface area contributed by atoms with E-state index in [2.05, 4.69) is 20.9 Å². The van der Waals surface area contributed by atoms with Gasteiger partial charge in [0, 0.05) is 12.4 Å². The van der Waals surface area contributed by atoms with Gasteiger partial charge in [-0.2, -0.15) is 0 Å². The second kappa shape index (κ2) is 5.31. The van der Waals surface area contributed by atoms with Gasteiger partial charge in [-0.3, -0.25) is 4.98 Å². The number of aromatic nitrogens is 1. The molecule has 2 rings (SSSR count). The van der Waals surface area contributed by atoms with Gasteiger partial charge in [-0.1, -0.05) is 28.1 Å². The zero-order valence-corrected chi connectivity index (χ0v) is 11.4. The molecule has 18 heavy (non-hydrogen) atoms. The molecular weight excluding hydrogens is 294 g/mol. The van der Waals surface area contributed by atoms with Crippen molar-refractivity contribution < 1.29 is 9.53 Å². The molecule has 0 aliphatic rings. The summed E-state index contributed by atoms with van der Waals surface area (Å²) < 4.78 is 4.26. The fourth-order valence-corrected chi connectivity index (χ4v) is 2.26. The second-order valence-corrected chi connectivity index (χ2v) is 5.04. The highest BCUT2D eigenvalue weighted by molar-refractivity contribution is 9.10. The van der Waals surface area contributed by atoms with Crippen LogP contribution in [0, 0.1) is 0 Å². The van der Waals surface area contributed by atoms with Gasteiger partial charge in [0.05, 0.1) is 7.11 Å². The number of hydrogen-bond donors (Lipinski definition) is 0. The van der Waals surface area contributed by atoms with Gasteiger partial charge in [0.15, 0.2) is 0 Å². The van der Waals surface area contributed by atoms with Crippen LogP contribution in [0.1, 0.15) is 11.1 Å². The molecule has 0 aliphatic heterocycles. The molecule has 2 aromatic rings. The lowest BCUT2D eigenvalue weighted by atomic mass is 9.93. The highest BCUT2D eigenvalue weighted by atomic mass is 79.9. The molecule has 0 aliphatic carbocycles. The number of methoxy groups -OCH3 is 1. The van der Waals surface area contributed by atoms with Crippen molar-refractivity contribution in [3.05, 3.63) is 59.9 Å². The Bertz CT molecular complexity index is 527. The van der Waals surface area contributed by atoms with E-state index in [0.717, 1.165) is 23.2 Å². The van der Waals surface area contributed by atoms with E-state index in [1.54, 1.807) is 19.5 Å². The number of nitrogens with zero attached hydrogens (tertiary/aromatic N) is 1. The van der Waals surface area contributed by atoms with E-state index in [4.69, 9.17) is 4.74 Å². The Morgan fingerprint density at radius 2 is 1.67 bits per heavy atom. The minimum Gasteiger partial charge on any atom is -0.497 e.